The Kier molecular flexibility index (Phi) is 4.09. The Morgan fingerprint density at radius 3 is 2.38 bits per heavy atom. The van der Waals surface area contributed by atoms with Gasteiger partial charge in [0.25, 0.3) is 0 Å². The minimum Gasteiger partial charge on any atom is -0.478 e. The second kappa shape index (κ2) is 5.65. The Hall–Kier alpha value is -2.21. The first-order valence-corrected chi connectivity index (χ1v) is 7.26. The highest BCUT2D eigenvalue weighted by Gasteiger charge is 2.24. The molecule has 21 heavy (non-hydrogen) atoms. The minimum atomic E-state index is -0.951. The van der Waals surface area contributed by atoms with E-state index in [0.29, 0.717) is 0 Å². The van der Waals surface area contributed by atoms with Crippen molar-refractivity contribution in [3.8, 4) is 10.6 Å². The van der Waals surface area contributed by atoms with Crippen LogP contribution in [0.15, 0.2) is 29.6 Å². The van der Waals surface area contributed by atoms with E-state index in [1.165, 1.54) is 18.3 Å². The third kappa shape index (κ3) is 3.46. The van der Waals surface area contributed by atoms with Crippen molar-refractivity contribution in [1.29, 1.82) is 0 Å². The van der Waals surface area contributed by atoms with Crippen LogP contribution in [0.3, 0.4) is 0 Å². The summed E-state index contributed by atoms with van der Waals surface area (Å²) in [4.78, 5) is 26.6. The first-order valence-electron chi connectivity index (χ1n) is 6.38. The maximum absolute atomic E-state index is 11.2. The van der Waals surface area contributed by atoms with Gasteiger partial charge in [0, 0.05) is 17.9 Å². The van der Waals surface area contributed by atoms with Gasteiger partial charge in [-0.3, -0.25) is 4.79 Å². The van der Waals surface area contributed by atoms with E-state index < -0.39 is 11.5 Å². The molecule has 0 saturated carbocycles. The zero-order valence-electron chi connectivity index (χ0n) is 12.0. The smallest absolute Gasteiger partial charge is 0.335 e. The Balaban J connectivity index is 2.27. The van der Waals surface area contributed by atoms with Crippen molar-refractivity contribution in [1.82, 2.24) is 10.3 Å². The van der Waals surface area contributed by atoms with Crippen LogP contribution in [-0.2, 0) is 10.3 Å². The van der Waals surface area contributed by atoms with E-state index in [0.717, 1.165) is 16.3 Å². The predicted octanol–water partition coefficient (Wildman–Crippen LogP) is 2.88. The number of nitrogens with zero attached hydrogens (tertiary/aromatic N) is 1. The molecule has 110 valence electrons. The van der Waals surface area contributed by atoms with Gasteiger partial charge in [-0.05, 0) is 26.0 Å². The molecular weight excluding hydrogens is 288 g/mol. The number of rotatable bonds is 4. The SMILES string of the molecule is CC(=O)NC(C)(C)c1csc(-c2ccc(C(=O)O)cc2)n1. The van der Waals surface area contributed by atoms with Crippen LogP contribution in [0.4, 0.5) is 0 Å². The number of aromatic carboxylic acids is 1. The van der Waals surface area contributed by atoms with Gasteiger partial charge in [0.1, 0.15) is 5.01 Å². The van der Waals surface area contributed by atoms with Crippen LogP contribution in [0.5, 0.6) is 0 Å². The second-order valence-corrected chi connectivity index (χ2v) is 6.08. The summed E-state index contributed by atoms with van der Waals surface area (Å²) in [5.41, 5.74) is 1.34. The number of nitrogens with one attached hydrogen (secondary N) is 1. The van der Waals surface area contributed by atoms with Crippen molar-refractivity contribution in [2.24, 2.45) is 0 Å². The highest BCUT2D eigenvalue weighted by atomic mass is 32.1. The van der Waals surface area contributed by atoms with Crippen LogP contribution >= 0.6 is 11.3 Å². The van der Waals surface area contributed by atoms with Crippen LogP contribution in [0.25, 0.3) is 10.6 Å². The summed E-state index contributed by atoms with van der Waals surface area (Å²) in [6.45, 7) is 5.25. The maximum Gasteiger partial charge on any atom is 0.335 e. The number of amides is 1. The second-order valence-electron chi connectivity index (χ2n) is 5.23. The molecule has 0 radical (unpaired) electrons. The molecule has 2 aromatic rings. The van der Waals surface area contributed by atoms with Crippen LogP contribution in [0, 0.1) is 0 Å². The molecular formula is C15H16N2O3S. The average Bonchev–Trinajstić information content (AvgIpc) is 2.87. The highest BCUT2D eigenvalue weighted by molar-refractivity contribution is 7.13. The standard InChI is InChI=1S/C15H16N2O3S/c1-9(18)17-15(2,3)12-8-21-13(16-12)10-4-6-11(7-5-10)14(19)20/h4-8H,1-3H3,(H,17,18)(H,19,20). The Bertz CT molecular complexity index is 674. The van der Waals surface area contributed by atoms with E-state index >= 15 is 0 Å². The van der Waals surface area contributed by atoms with Gasteiger partial charge in [-0.25, -0.2) is 9.78 Å². The molecule has 1 aromatic carbocycles. The lowest BCUT2D eigenvalue weighted by molar-refractivity contribution is -0.120. The number of carbonyl (C=O) groups is 2. The molecule has 0 unspecified atom stereocenters. The molecule has 0 saturated heterocycles. The van der Waals surface area contributed by atoms with Gasteiger partial charge in [-0.2, -0.15) is 0 Å². The molecule has 1 amide bonds. The molecule has 0 bridgehead atoms. The van der Waals surface area contributed by atoms with Crippen molar-refractivity contribution >= 4 is 23.2 Å². The fourth-order valence-corrected chi connectivity index (χ4v) is 2.95. The fraction of sp³-hybridized carbons (Fsp3) is 0.267. The Morgan fingerprint density at radius 1 is 1.24 bits per heavy atom. The van der Waals surface area contributed by atoms with E-state index in [9.17, 15) is 9.59 Å². The molecule has 6 heteroatoms. The number of hydrogen-bond acceptors (Lipinski definition) is 4. The average molecular weight is 304 g/mol. The van der Waals surface area contributed by atoms with Gasteiger partial charge in [-0.1, -0.05) is 12.1 Å². The number of thiazole rings is 1. The van der Waals surface area contributed by atoms with Crippen molar-refractivity contribution in [3.05, 3.63) is 40.9 Å². The molecule has 0 spiro atoms. The van der Waals surface area contributed by atoms with Crippen LogP contribution in [0.2, 0.25) is 0 Å². The third-order valence-corrected chi connectivity index (χ3v) is 3.90. The number of hydrogen-bond donors (Lipinski definition) is 2. The third-order valence-electron chi connectivity index (χ3n) is 3.01. The topological polar surface area (TPSA) is 79.3 Å². The van der Waals surface area contributed by atoms with Crippen LogP contribution in [0.1, 0.15) is 36.8 Å². The normalized spacial score (nSPS) is 11.2. The summed E-state index contributed by atoms with van der Waals surface area (Å²) >= 11 is 1.46. The van der Waals surface area contributed by atoms with Gasteiger partial charge < -0.3 is 10.4 Å². The Morgan fingerprint density at radius 2 is 1.86 bits per heavy atom. The first kappa shape index (κ1) is 15.2. The number of carbonyl (C=O) groups excluding carboxylic acids is 1. The number of benzene rings is 1. The summed E-state index contributed by atoms with van der Waals surface area (Å²) in [7, 11) is 0. The zero-order valence-corrected chi connectivity index (χ0v) is 12.8. The van der Waals surface area contributed by atoms with Crippen LogP contribution < -0.4 is 5.32 Å². The van der Waals surface area contributed by atoms with Gasteiger partial charge >= 0.3 is 5.97 Å². The lowest BCUT2D eigenvalue weighted by atomic mass is 10.0. The summed E-state index contributed by atoms with van der Waals surface area (Å²) in [6, 6.07) is 6.57. The minimum absolute atomic E-state index is 0.111. The molecule has 0 aliphatic rings. The van der Waals surface area contributed by atoms with Crippen molar-refractivity contribution in [2.45, 2.75) is 26.3 Å². The first-order chi connectivity index (χ1) is 9.79. The van der Waals surface area contributed by atoms with Crippen molar-refractivity contribution in [2.75, 3.05) is 0 Å². The lowest BCUT2D eigenvalue weighted by Crippen LogP contribution is -2.39. The lowest BCUT2D eigenvalue weighted by Gasteiger charge is -2.23. The molecule has 1 heterocycles. The molecule has 5 nitrogen and oxygen atoms in total. The number of aromatic nitrogens is 1. The molecule has 0 atom stereocenters. The predicted molar refractivity (Wildman–Crippen MR) is 81.4 cm³/mol. The summed E-state index contributed by atoms with van der Waals surface area (Å²) in [6.07, 6.45) is 0. The summed E-state index contributed by atoms with van der Waals surface area (Å²) < 4.78 is 0. The largest absolute Gasteiger partial charge is 0.478 e. The number of carboxylic acid groups (broad SMARTS) is 1. The molecule has 0 fully saturated rings. The zero-order chi connectivity index (χ0) is 15.6. The summed E-state index contributed by atoms with van der Waals surface area (Å²) in [5.74, 6) is -1.06. The quantitative estimate of drug-likeness (QED) is 0.910. The molecule has 2 rings (SSSR count). The van der Waals surface area contributed by atoms with Gasteiger partial charge in [-0.15, -0.1) is 11.3 Å². The highest BCUT2D eigenvalue weighted by Crippen LogP contribution is 2.28. The van der Waals surface area contributed by atoms with Crippen LogP contribution in [-0.4, -0.2) is 22.0 Å². The van der Waals surface area contributed by atoms with E-state index in [-0.39, 0.29) is 11.5 Å². The monoisotopic (exact) mass is 304 g/mol. The van der Waals surface area contributed by atoms with E-state index in [1.807, 2.05) is 19.2 Å². The van der Waals surface area contributed by atoms with Crippen molar-refractivity contribution < 1.29 is 14.7 Å². The molecule has 0 aliphatic heterocycles. The molecule has 0 aliphatic carbocycles. The van der Waals surface area contributed by atoms with Crippen molar-refractivity contribution in [3.63, 3.8) is 0 Å². The van der Waals surface area contributed by atoms with Gasteiger partial charge in [0.15, 0.2) is 0 Å². The molecule has 2 N–H and O–H groups in total. The maximum atomic E-state index is 11.2. The van der Waals surface area contributed by atoms with Gasteiger partial charge in [0.2, 0.25) is 5.91 Å². The summed E-state index contributed by atoms with van der Waals surface area (Å²) in [5, 5.41) is 14.4. The van der Waals surface area contributed by atoms with E-state index in [2.05, 4.69) is 10.3 Å². The van der Waals surface area contributed by atoms with Gasteiger partial charge in [0.05, 0.1) is 16.8 Å². The fourth-order valence-electron chi connectivity index (χ4n) is 1.95. The molecule has 1 aromatic heterocycles. The Labute approximate surface area is 126 Å². The number of carboxylic acids is 1. The van der Waals surface area contributed by atoms with E-state index in [1.54, 1.807) is 24.3 Å². The van der Waals surface area contributed by atoms with E-state index in [4.69, 9.17) is 5.11 Å².